The number of carbonyl (C=O) groups is 1. The number of rotatable bonds is 6. The molecular weight excluding hydrogens is 258 g/mol. The van der Waals surface area contributed by atoms with Gasteiger partial charge in [-0.1, -0.05) is 0 Å². The molecule has 0 radical (unpaired) electrons. The Hall–Kier alpha value is -1.75. The highest BCUT2D eigenvalue weighted by molar-refractivity contribution is 5.90. The fourth-order valence-corrected chi connectivity index (χ4v) is 2.29. The van der Waals surface area contributed by atoms with Crippen molar-refractivity contribution < 1.29 is 19.0 Å². The second-order valence-corrected chi connectivity index (χ2v) is 4.87. The molecule has 1 aliphatic heterocycles. The van der Waals surface area contributed by atoms with Crippen LogP contribution in [0.25, 0.3) is 0 Å². The minimum absolute atomic E-state index is 0.387. The van der Waals surface area contributed by atoms with Gasteiger partial charge in [0.15, 0.2) is 0 Å². The summed E-state index contributed by atoms with van der Waals surface area (Å²) in [6.07, 6.45) is 4.64. The number of nitrogen functional groups attached to an aromatic ring is 1. The van der Waals surface area contributed by atoms with E-state index in [1.807, 2.05) is 0 Å². The lowest BCUT2D eigenvalue weighted by Crippen LogP contribution is -2.08. The van der Waals surface area contributed by atoms with E-state index in [2.05, 4.69) is 4.74 Å². The molecule has 0 aliphatic carbocycles. The molecule has 2 rings (SSSR count). The second kappa shape index (κ2) is 7.14. The van der Waals surface area contributed by atoms with Crippen LogP contribution in [0.15, 0.2) is 18.2 Å². The molecule has 0 aromatic heterocycles. The molecule has 1 aliphatic rings. The quantitative estimate of drug-likeness (QED) is 0.492. The van der Waals surface area contributed by atoms with E-state index in [0.29, 0.717) is 29.7 Å². The van der Waals surface area contributed by atoms with Crippen molar-refractivity contribution in [3.8, 4) is 5.75 Å². The van der Waals surface area contributed by atoms with Gasteiger partial charge in [0.1, 0.15) is 5.75 Å². The maximum Gasteiger partial charge on any atom is 0.337 e. The molecule has 5 nitrogen and oxygen atoms in total. The molecule has 1 aromatic carbocycles. The first-order chi connectivity index (χ1) is 9.70. The van der Waals surface area contributed by atoms with Crippen LogP contribution in [0, 0.1) is 0 Å². The number of nitrogens with two attached hydrogens (primary N) is 1. The summed E-state index contributed by atoms with van der Waals surface area (Å²) >= 11 is 0. The van der Waals surface area contributed by atoms with Gasteiger partial charge in [-0.2, -0.15) is 0 Å². The van der Waals surface area contributed by atoms with Gasteiger partial charge >= 0.3 is 5.97 Å². The average molecular weight is 279 g/mol. The molecular formula is C15H21NO4. The lowest BCUT2D eigenvalue weighted by molar-refractivity contribution is 0.0600. The number of methoxy groups -OCH3 is 1. The highest BCUT2D eigenvalue weighted by atomic mass is 16.5. The number of benzene rings is 1. The Kier molecular flexibility index (Phi) is 5.24. The first-order valence-corrected chi connectivity index (χ1v) is 6.93. The zero-order chi connectivity index (χ0) is 14.4. The van der Waals surface area contributed by atoms with E-state index in [-0.39, 0.29) is 0 Å². The number of carbonyl (C=O) groups excluding carboxylic acids is 1. The van der Waals surface area contributed by atoms with Gasteiger partial charge in [0.2, 0.25) is 0 Å². The largest absolute Gasteiger partial charge is 0.491 e. The third kappa shape index (κ3) is 3.87. The number of esters is 1. The molecule has 1 heterocycles. The van der Waals surface area contributed by atoms with Crippen molar-refractivity contribution in [3.63, 3.8) is 0 Å². The Morgan fingerprint density at radius 1 is 1.50 bits per heavy atom. The van der Waals surface area contributed by atoms with Crippen LogP contribution in [-0.2, 0) is 9.47 Å². The highest BCUT2D eigenvalue weighted by Gasteiger charge is 2.15. The fourth-order valence-electron chi connectivity index (χ4n) is 2.29. The lowest BCUT2D eigenvalue weighted by atomic mass is 10.1. The molecule has 0 bridgehead atoms. The van der Waals surface area contributed by atoms with Gasteiger partial charge in [0, 0.05) is 6.61 Å². The summed E-state index contributed by atoms with van der Waals surface area (Å²) in [6, 6.07) is 4.92. The predicted molar refractivity (Wildman–Crippen MR) is 75.9 cm³/mol. The summed E-state index contributed by atoms with van der Waals surface area (Å²) in [5.74, 6) is 0.201. The van der Waals surface area contributed by atoms with Gasteiger partial charge in [0.25, 0.3) is 0 Å². The van der Waals surface area contributed by atoms with Crippen molar-refractivity contribution in [2.24, 2.45) is 0 Å². The highest BCUT2D eigenvalue weighted by Crippen LogP contribution is 2.23. The smallest absolute Gasteiger partial charge is 0.337 e. The van der Waals surface area contributed by atoms with Crippen molar-refractivity contribution >= 4 is 11.7 Å². The molecule has 20 heavy (non-hydrogen) atoms. The van der Waals surface area contributed by atoms with E-state index in [9.17, 15) is 4.79 Å². The van der Waals surface area contributed by atoms with Crippen molar-refractivity contribution in [2.75, 3.05) is 26.1 Å². The van der Waals surface area contributed by atoms with Crippen molar-refractivity contribution in [2.45, 2.75) is 31.8 Å². The Labute approximate surface area is 119 Å². The minimum atomic E-state index is -0.401. The van der Waals surface area contributed by atoms with Crippen LogP contribution in [0.3, 0.4) is 0 Å². The summed E-state index contributed by atoms with van der Waals surface area (Å²) in [5.41, 5.74) is 6.74. The Morgan fingerprint density at radius 2 is 2.35 bits per heavy atom. The van der Waals surface area contributed by atoms with Crippen molar-refractivity contribution in [1.82, 2.24) is 0 Å². The molecule has 1 atom stereocenters. The standard InChI is InChI=1S/C15H21NO4/c1-18-15(17)11-6-7-14(13(16)10-11)20-9-3-5-12-4-2-8-19-12/h6-7,10,12H,2-5,8-9,16H2,1H3. The number of hydrogen-bond donors (Lipinski definition) is 1. The van der Waals surface area contributed by atoms with E-state index < -0.39 is 5.97 Å². The molecule has 110 valence electrons. The zero-order valence-corrected chi connectivity index (χ0v) is 11.8. The van der Waals surface area contributed by atoms with E-state index >= 15 is 0 Å². The van der Waals surface area contributed by atoms with E-state index in [1.165, 1.54) is 7.11 Å². The average Bonchev–Trinajstić information content (AvgIpc) is 2.97. The summed E-state index contributed by atoms with van der Waals surface area (Å²) in [7, 11) is 1.34. The second-order valence-electron chi connectivity index (χ2n) is 4.87. The van der Waals surface area contributed by atoms with Crippen LogP contribution in [-0.4, -0.2) is 32.4 Å². The third-order valence-corrected chi connectivity index (χ3v) is 3.38. The van der Waals surface area contributed by atoms with Gasteiger partial charge in [-0.25, -0.2) is 4.79 Å². The van der Waals surface area contributed by atoms with Crippen LogP contribution >= 0.6 is 0 Å². The molecule has 2 N–H and O–H groups in total. The van der Waals surface area contributed by atoms with Gasteiger partial charge in [-0.15, -0.1) is 0 Å². The number of hydrogen-bond acceptors (Lipinski definition) is 5. The fraction of sp³-hybridized carbons (Fsp3) is 0.533. The minimum Gasteiger partial charge on any atom is -0.491 e. The summed E-state index contributed by atoms with van der Waals surface area (Å²) in [5, 5.41) is 0. The molecule has 0 spiro atoms. The van der Waals surface area contributed by atoms with E-state index in [0.717, 1.165) is 32.3 Å². The number of ether oxygens (including phenoxy) is 3. The van der Waals surface area contributed by atoms with Crippen LogP contribution < -0.4 is 10.5 Å². The third-order valence-electron chi connectivity index (χ3n) is 3.38. The number of anilines is 1. The van der Waals surface area contributed by atoms with Crippen LogP contribution in [0.2, 0.25) is 0 Å². The Balaban J connectivity index is 1.79. The maximum absolute atomic E-state index is 11.4. The predicted octanol–water partition coefficient (Wildman–Crippen LogP) is 2.39. The Bertz CT molecular complexity index is 455. The van der Waals surface area contributed by atoms with E-state index in [4.69, 9.17) is 15.2 Å². The van der Waals surface area contributed by atoms with Gasteiger partial charge in [-0.05, 0) is 43.9 Å². The summed E-state index contributed by atoms with van der Waals surface area (Å²) < 4.78 is 15.8. The van der Waals surface area contributed by atoms with Gasteiger partial charge in [0.05, 0.1) is 31.1 Å². The van der Waals surface area contributed by atoms with Crippen molar-refractivity contribution in [3.05, 3.63) is 23.8 Å². The summed E-state index contributed by atoms with van der Waals surface area (Å²) in [6.45, 7) is 1.48. The monoisotopic (exact) mass is 279 g/mol. The molecule has 0 saturated carbocycles. The maximum atomic E-state index is 11.4. The van der Waals surface area contributed by atoms with Crippen molar-refractivity contribution in [1.29, 1.82) is 0 Å². The Morgan fingerprint density at radius 3 is 3.00 bits per heavy atom. The molecule has 5 heteroatoms. The molecule has 1 fully saturated rings. The first-order valence-electron chi connectivity index (χ1n) is 6.93. The van der Waals surface area contributed by atoms with Crippen LogP contribution in [0.5, 0.6) is 5.75 Å². The summed E-state index contributed by atoms with van der Waals surface area (Å²) in [4.78, 5) is 11.4. The van der Waals surface area contributed by atoms with Crippen LogP contribution in [0.1, 0.15) is 36.0 Å². The van der Waals surface area contributed by atoms with Gasteiger partial charge < -0.3 is 19.9 Å². The van der Waals surface area contributed by atoms with Gasteiger partial charge in [-0.3, -0.25) is 0 Å². The molecule has 1 aromatic rings. The first kappa shape index (κ1) is 14.7. The lowest BCUT2D eigenvalue weighted by Gasteiger charge is -2.12. The van der Waals surface area contributed by atoms with Crippen LogP contribution in [0.4, 0.5) is 5.69 Å². The zero-order valence-electron chi connectivity index (χ0n) is 11.8. The SMILES string of the molecule is COC(=O)c1ccc(OCCCC2CCCO2)c(N)c1. The molecule has 1 unspecified atom stereocenters. The normalized spacial score (nSPS) is 17.9. The van der Waals surface area contributed by atoms with E-state index in [1.54, 1.807) is 18.2 Å². The molecule has 0 amide bonds. The topological polar surface area (TPSA) is 70.8 Å². The molecule has 1 saturated heterocycles.